The van der Waals surface area contributed by atoms with Crippen molar-refractivity contribution in [3.63, 3.8) is 0 Å². The summed E-state index contributed by atoms with van der Waals surface area (Å²) in [4.78, 5) is 28.8. The summed E-state index contributed by atoms with van der Waals surface area (Å²) in [7, 11) is 2.00. The number of benzene rings is 1. The molecule has 1 amide bonds. The van der Waals surface area contributed by atoms with Crippen LogP contribution in [0.2, 0.25) is 0 Å². The molecule has 0 saturated heterocycles. The van der Waals surface area contributed by atoms with E-state index >= 15 is 0 Å². The Hall–Kier alpha value is -2.67. The van der Waals surface area contributed by atoms with Crippen LogP contribution in [0.25, 0.3) is 10.9 Å². The standard InChI is InChI=1S/C19H21N3O3S/c1-4-25-18(24)17-12(2)20-19(26-17)21-16(23)10-9-13-11-22(3)15-8-6-5-7-14(13)15/h5-8,11H,4,9-10H2,1-3H3,(H,20,21,23). The number of carbonyl (C=O) groups is 2. The minimum absolute atomic E-state index is 0.123. The maximum atomic E-state index is 12.3. The van der Waals surface area contributed by atoms with Gasteiger partial charge in [0.15, 0.2) is 5.13 Å². The third-order valence-electron chi connectivity index (χ3n) is 4.10. The van der Waals surface area contributed by atoms with Crippen LogP contribution in [0.4, 0.5) is 5.13 Å². The van der Waals surface area contributed by atoms with Crippen molar-refractivity contribution >= 4 is 39.2 Å². The van der Waals surface area contributed by atoms with Crippen LogP contribution in [0.15, 0.2) is 30.5 Å². The molecule has 136 valence electrons. The second-order valence-corrected chi connectivity index (χ2v) is 6.98. The molecule has 0 spiro atoms. The van der Waals surface area contributed by atoms with Gasteiger partial charge in [0.1, 0.15) is 4.88 Å². The zero-order valence-corrected chi connectivity index (χ0v) is 15.9. The molecule has 26 heavy (non-hydrogen) atoms. The third-order valence-corrected chi connectivity index (χ3v) is 5.16. The number of carbonyl (C=O) groups excluding carboxylic acids is 2. The number of anilines is 1. The molecule has 0 atom stereocenters. The predicted molar refractivity (Wildman–Crippen MR) is 103 cm³/mol. The number of nitrogens with zero attached hydrogens (tertiary/aromatic N) is 2. The van der Waals surface area contributed by atoms with E-state index in [4.69, 9.17) is 4.74 Å². The van der Waals surface area contributed by atoms with E-state index in [1.54, 1.807) is 13.8 Å². The zero-order chi connectivity index (χ0) is 18.7. The Morgan fingerprint density at radius 1 is 1.31 bits per heavy atom. The van der Waals surface area contributed by atoms with Crippen LogP contribution in [-0.2, 0) is 23.0 Å². The molecule has 2 aromatic heterocycles. The Kier molecular flexibility index (Phi) is 5.37. The van der Waals surface area contributed by atoms with Crippen LogP contribution in [0.5, 0.6) is 0 Å². The van der Waals surface area contributed by atoms with E-state index < -0.39 is 5.97 Å². The third kappa shape index (κ3) is 3.77. The van der Waals surface area contributed by atoms with Gasteiger partial charge in [0.25, 0.3) is 0 Å². The molecule has 6 nitrogen and oxygen atoms in total. The van der Waals surface area contributed by atoms with E-state index in [-0.39, 0.29) is 5.91 Å². The number of hydrogen-bond donors (Lipinski definition) is 1. The molecule has 0 bridgehead atoms. The van der Waals surface area contributed by atoms with Crippen molar-refractivity contribution in [3.8, 4) is 0 Å². The summed E-state index contributed by atoms with van der Waals surface area (Å²) in [6.45, 7) is 3.79. The smallest absolute Gasteiger partial charge is 0.350 e. The van der Waals surface area contributed by atoms with Crippen LogP contribution >= 0.6 is 11.3 Å². The number of hydrogen-bond acceptors (Lipinski definition) is 5. The molecule has 0 saturated carbocycles. The summed E-state index contributed by atoms with van der Waals surface area (Å²) in [6, 6.07) is 8.14. The first-order valence-electron chi connectivity index (χ1n) is 8.47. The van der Waals surface area contributed by atoms with Crippen molar-refractivity contribution in [2.24, 2.45) is 7.05 Å². The number of fused-ring (bicyclic) bond motifs is 1. The highest BCUT2D eigenvalue weighted by Crippen LogP contribution is 2.24. The van der Waals surface area contributed by atoms with Crippen LogP contribution in [0, 0.1) is 6.92 Å². The summed E-state index contributed by atoms with van der Waals surface area (Å²) >= 11 is 1.14. The predicted octanol–water partition coefficient (Wildman–Crippen LogP) is 3.69. The minimum Gasteiger partial charge on any atom is -0.462 e. The van der Waals surface area contributed by atoms with Gasteiger partial charge in [0.05, 0.1) is 12.3 Å². The first kappa shape index (κ1) is 18.1. The Bertz CT molecular complexity index is 958. The van der Waals surface area contributed by atoms with Gasteiger partial charge in [-0.1, -0.05) is 29.5 Å². The first-order chi connectivity index (χ1) is 12.5. The molecule has 3 aromatic rings. The van der Waals surface area contributed by atoms with Crippen molar-refractivity contribution < 1.29 is 14.3 Å². The van der Waals surface area contributed by atoms with Crippen LogP contribution < -0.4 is 5.32 Å². The average molecular weight is 371 g/mol. The van der Waals surface area contributed by atoms with Crippen molar-refractivity contribution in [2.75, 3.05) is 11.9 Å². The highest BCUT2D eigenvalue weighted by atomic mass is 32.1. The molecular weight excluding hydrogens is 350 g/mol. The summed E-state index contributed by atoms with van der Waals surface area (Å²) in [6.07, 6.45) is 3.05. The molecule has 1 N–H and O–H groups in total. The van der Waals surface area contributed by atoms with Gasteiger partial charge in [-0.2, -0.15) is 0 Å². The van der Waals surface area contributed by atoms with E-state index in [1.165, 1.54) is 0 Å². The van der Waals surface area contributed by atoms with E-state index in [2.05, 4.69) is 33.2 Å². The van der Waals surface area contributed by atoms with Gasteiger partial charge in [-0.15, -0.1) is 0 Å². The van der Waals surface area contributed by atoms with Gasteiger partial charge in [-0.3, -0.25) is 4.79 Å². The molecule has 2 heterocycles. The molecule has 0 unspecified atom stereocenters. The molecule has 7 heteroatoms. The quantitative estimate of drug-likeness (QED) is 0.671. The van der Waals surface area contributed by atoms with Gasteiger partial charge in [-0.05, 0) is 31.9 Å². The SMILES string of the molecule is CCOC(=O)c1sc(NC(=O)CCc2cn(C)c3ccccc23)nc1C. The maximum Gasteiger partial charge on any atom is 0.350 e. The number of rotatable bonds is 6. The highest BCUT2D eigenvalue weighted by molar-refractivity contribution is 7.17. The van der Waals surface area contributed by atoms with Gasteiger partial charge < -0.3 is 14.6 Å². The Morgan fingerprint density at radius 3 is 2.85 bits per heavy atom. The van der Waals surface area contributed by atoms with E-state index in [1.807, 2.05) is 19.2 Å². The number of nitrogens with one attached hydrogen (secondary N) is 1. The second kappa shape index (κ2) is 7.70. The highest BCUT2D eigenvalue weighted by Gasteiger charge is 2.17. The Labute approximate surface area is 155 Å². The zero-order valence-electron chi connectivity index (χ0n) is 15.0. The molecule has 0 aliphatic carbocycles. The lowest BCUT2D eigenvalue weighted by Gasteiger charge is -2.01. The minimum atomic E-state index is -0.404. The molecule has 0 aliphatic rings. The second-order valence-electron chi connectivity index (χ2n) is 5.98. The molecule has 1 aromatic carbocycles. The number of thiazole rings is 1. The first-order valence-corrected chi connectivity index (χ1v) is 9.28. The normalized spacial score (nSPS) is 10.9. The number of aromatic nitrogens is 2. The van der Waals surface area contributed by atoms with Gasteiger partial charge in [0.2, 0.25) is 5.91 Å². The number of amides is 1. The number of para-hydroxylation sites is 1. The summed E-state index contributed by atoms with van der Waals surface area (Å²) < 4.78 is 7.06. The van der Waals surface area contributed by atoms with E-state index in [0.29, 0.717) is 35.2 Å². The molecule has 0 fully saturated rings. The fourth-order valence-corrected chi connectivity index (χ4v) is 3.77. The van der Waals surface area contributed by atoms with Gasteiger partial charge in [0, 0.05) is 30.6 Å². The van der Waals surface area contributed by atoms with Crippen LogP contribution in [0.3, 0.4) is 0 Å². The van der Waals surface area contributed by atoms with Crippen molar-refractivity contribution in [1.82, 2.24) is 9.55 Å². The van der Waals surface area contributed by atoms with Gasteiger partial charge in [-0.25, -0.2) is 9.78 Å². The summed E-state index contributed by atoms with van der Waals surface area (Å²) in [5, 5.41) is 4.37. The lowest BCUT2D eigenvalue weighted by molar-refractivity contribution is -0.116. The Morgan fingerprint density at radius 2 is 2.08 bits per heavy atom. The maximum absolute atomic E-state index is 12.3. The summed E-state index contributed by atoms with van der Waals surface area (Å²) in [5.74, 6) is -0.527. The van der Waals surface area contributed by atoms with Crippen molar-refractivity contribution in [2.45, 2.75) is 26.7 Å². The van der Waals surface area contributed by atoms with Crippen LogP contribution in [0.1, 0.15) is 34.3 Å². The molecular formula is C19H21N3O3S. The van der Waals surface area contributed by atoms with Crippen molar-refractivity contribution in [1.29, 1.82) is 0 Å². The van der Waals surface area contributed by atoms with Crippen LogP contribution in [-0.4, -0.2) is 28.0 Å². The van der Waals surface area contributed by atoms with E-state index in [0.717, 1.165) is 27.8 Å². The Balaban J connectivity index is 1.64. The lowest BCUT2D eigenvalue weighted by Crippen LogP contribution is -2.12. The monoisotopic (exact) mass is 371 g/mol. The summed E-state index contributed by atoms with van der Waals surface area (Å²) in [5.41, 5.74) is 2.86. The van der Waals surface area contributed by atoms with Gasteiger partial charge >= 0.3 is 5.97 Å². The van der Waals surface area contributed by atoms with E-state index in [9.17, 15) is 9.59 Å². The van der Waals surface area contributed by atoms with Crippen molar-refractivity contribution in [3.05, 3.63) is 46.6 Å². The number of ether oxygens (including phenoxy) is 1. The molecule has 0 aliphatic heterocycles. The largest absolute Gasteiger partial charge is 0.462 e. The average Bonchev–Trinajstić information content (AvgIpc) is 3.14. The fraction of sp³-hybridized carbons (Fsp3) is 0.316. The topological polar surface area (TPSA) is 73.2 Å². The lowest BCUT2D eigenvalue weighted by atomic mass is 10.1. The molecule has 0 radical (unpaired) electrons. The fourth-order valence-electron chi connectivity index (χ4n) is 2.89. The number of esters is 1. The number of aryl methyl sites for hydroxylation is 3. The molecule has 3 rings (SSSR count).